The molecule has 2 aliphatic rings. The summed E-state index contributed by atoms with van der Waals surface area (Å²) in [4.78, 5) is 11.6. The minimum absolute atomic E-state index is 0.00574. The molecule has 1 heterocycles. The van der Waals surface area contributed by atoms with Gasteiger partial charge in [0.15, 0.2) is 17.1 Å². The largest absolute Gasteiger partial charge is 0.479 e. The second kappa shape index (κ2) is 4.56. The van der Waals surface area contributed by atoms with E-state index in [9.17, 15) is 23.8 Å². The van der Waals surface area contributed by atoms with Crippen LogP contribution < -0.4 is 9.47 Å². The van der Waals surface area contributed by atoms with Crippen LogP contribution in [0.4, 0.5) is 8.78 Å². The number of halogens is 2. The highest BCUT2D eigenvalue weighted by molar-refractivity contribution is 5.80. The topological polar surface area (TPSA) is 76.0 Å². The lowest BCUT2D eigenvalue weighted by molar-refractivity contribution is -0.167. The summed E-state index contributed by atoms with van der Waals surface area (Å²) >= 11 is 0. The van der Waals surface area contributed by atoms with E-state index in [2.05, 4.69) is 0 Å². The maximum Gasteiger partial charge on any atom is 0.340 e. The van der Waals surface area contributed by atoms with Crippen LogP contribution in [-0.4, -0.2) is 28.9 Å². The number of aliphatic hydroxyl groups is 1. The molecule has 0 aromatic heterocycles. The van der Waals surface area contributed by atoms with Crippen molar-refractivity contribution >= 4 is 5.97 Å². The molecule has 0 spiro atoms. The average molecular weight is 300 g/mol. The highest BCUT2D eigenvalue weighted by Gasteiger charge is 2.54. The molecule has 0 bridgehead atoms. The molecular formula is C14H14F2O5. The second-order valence-corrected chi connectivity index (χ2v) is 5.44. The van der Waals surface area contributed by atoms with E-state index in [1.807, 2.05) is 0 Å². The highest BCUT2D eigenvalue weighted by Crippen LogP contribution is 2.48. The quantitative estimate of drug-likeness (QED) is 0.894. The molecule has 7 heteroatoms. The first-order valence-corrected chi connectivity index (χ1v) is 6.57. The SMILES string of the molecule is O=C(O)[C@](O)(c1ccc2c(c1)OCO2)[C@@H]1CCC(F)(F)C1. The molecule has 1 aromatic carbocycles. The molecule has 1 aliphatic heterocycles. The molecule has 114 valence electrons. The number of carboxylic acid groups (broad SMARTS) is 1. The van der Waals surface area contributed by atoms with E-state index in [-0.39, 0.29) is 18.8 Å². The van der Waals surface area contributed by atoms with Crippen LogP contribution >= 0.6 is 0 Å². The van der Waals surface area contributed by atoms with Crippen LogP contribution in [0, 0.1) is 5.92 Å². The van der Waals surface area contributed by atoms with Crippen molar-refractivity contribution < 1.29 is 33.3 Å². The van der Waals surface area contributed by atoms with E-state index in [0.717, 1.165) is 0 Å². The summed E-state index contributed by atoms with van der Waals surface area (Å²) in [6, 6.07) is 4.18. The Kier molecular flexibility index (Phi) is 3.05. The third-order valence-corrected chi connectivity index (χ3v) is 4.13. The Hall–Kier alpha value is -1.89. The van der Waals surface area contributed by atoms with Gasteiger partial charge in [-0.2, -0.15) is 0 Å². The number of ether oxygens (including phenoxy) is 2. The van der Waals surface area contributed by atoms with Gasteiger partial charge in [-0.05, 0) is 24.1 Å². The molecule has 0 unspecified atom stereocenters. The van der Waals surface area contributed by atoms with Crippen LogP contribution in [0.3, 0.4) is 0 Å². The fourth-order valence-electron chi connectivity index (χ4n) is 2.97. The Bertz CT molecular complexity index is 589. The summed E-state index contributed by atoms with van der Waals surface area (Å²) < 4.78 is 37.0. The molecule has 0 saturated heterocycles. The van der Waals surface area contributed by atoms with Crippen molar-refractivity contribution in [2.24, 2.45) is 5.92 Å². The fourth-order valence-corrected chi connectivity index (χ4v) is 2.97. The minimum Gasteiger partial charge on any atom is -0.479 e. The molecule has 21 heavy (non-hydrogen) atoms. The van der Waals surface area contributed by atoms with Crippen LogP contribution in [0.1, 0.15) is 24.8 Å². The first kappa shape index (κ1) is 14.1. The van der Waals surface area contributed by atoms with Crippen molar-refractivity contribution in [3.63, 3.8) is 0 Å². The molecule has 5 nitrogen and oxygen atoms in total. The highest BCUT2D eigenvalue weighted by atomic mass is 19.3. The first-order valence-electron chi connectivity index (χ1n) is 6.57. The predicted molar refractivity (Wildman–Crippen MR) is 66.4 cm³/mol. The molecule has 2 atom stereocenters. The molecule has 1 fully saturated rings. The average Bonchev–Trinajstić information content (AvgIpc) is 3.02. The zero-order chi connectivity index (χ0) is 15.3. The third kappa shape index (κ3) is 2.21. The first-order chi connectivity index (χ1) is 9.83. The Morgan fingerprint density at radius 2 is 2.05 bits per heavy atom. The van der Waals surface area contributed by atoms with E-state index in [0.29, 0.717) is 11.5 Å². The summed E-state index contributed by atoms with van der Waals surface area (Å²) in [5.41, 5.74) is -2.33. The van der Waals surface area contributed by atoms with Gasteiger partial charge in [0.05, 0.1) is 0 Å². The Morgan fingerprint density at radius 3 is 2.67 bits per heavy atom. The van der Waals surface area contributed by atoms with E-state index in [1.165, 1.54) is 18.2 Å². The Morgan fingerprint density at radius 1 is 1.33 bits per heavy atom. The number of hydrogen-bond acceptors (Lipinski definition) is 4. The normalized spacial score (nSPS) is 25.6. The lowest BCUT2D eigenvalue weighted by Crippen LogP contribution is -2.42. The van der Waals surface area contributed by atoms with Crippen molar-refractivity contribution in [3.8, 4) is 11.5 Å². The van der Waals surface area contributed by atoms with E-state index in [4.69, 9.17) is 9.47 Å². The molecule has 0 amide bonds. The van der Waals surface area contributed by atoms with Gasteiger partial charge in [0.2, 0.25) is 12.7 Å². The third-order valence-electron chi connectivity index (χ3n) is 4.13. The van der Waals surface area contributed by atoms with Gasteiger partial charge in [0.25, 0.3) is 0 Å². The summed E-state index contributed by atoms with van der Waals surface area (Å²) in [6.45, 7) is 0.00574. The second-order valence-electron chi connectivity index (χ2n) is 5.44. The van der Waals surface area contributed by atoms with Crippen LogP contribution in [0.25, 0.3) is 0 Å². The maximum absolute atomic E-state index is 13.4. The molecule has 1 aliphatic carbocycles. The van der Waals surface area contributed by atoms with E-state index < -0.39 is 36.3 Å². The van der Waals surface area contributed by atoms with Crippen molar-refractivity contribution in [1.29, 1.82) is 0 Å². The van der Waals surface area contributed by atoms with Crippen molar-refractivity contribution in [2.45, 2.75) is 30.8 Å². The van der Waals surface area contributed by atoms with Gasteiger partial charge in [-0.15, -0.1) is 0 Å². The molecule has 2 N–H and O–H groups in total. The summed E-state index contributed by atoms with van der Waals surface area (Å²) in [5.74, 6) is -4.79. The zero-order valence-electron chi connectivity index (χ0n) is 11.0. The standard InChI is InChI=1S/C14H14F2O5/c15-13(16)4-3-9(6-13)14(19,12(17)18)8-1-2-10-11(5-8)21-7-20-10/h1-2,5,9,19H,3-4,6-7H2,(H,17,18)/t9-,14+/m1/s1. The monoisotopic (exact) mass is 300 g/mol. The zero-order valence-corrected chi connectivity index (χ0v) is 11.0. The molecule has 1 aromatic rings. The molecule has 3 rings (SSSR count). The number of aliphatic carboxylic acids is 1. The van der Waals surface area contributed by atoms with Gasteiger partial charge < -0.3 is 19.7 Å². The lowest BCUT2D eigenvalue weighted by atomic mass is 9.80. The summed E-state index contributed by atoms with van der Waals surface area (Å²) in [6.07, 6.45) is -1.12. The molecular weight excluding hydrogens is 286 g/mol. The molecule has 1 saturated carbocycles. The number of rotatable bonds is 3. The number of alkyl halides is 2. The van der Waals surface area contributed by atoms with Crippen LogP contribution in [0.5, 0.6) is 11.5 Å². The van der Waals surface area contributed by atoms with Gasteiger partial charge in [0.1, 0.15) is 0 Å². The lowest BCUT2D eigenvalue weighted by Gasteiger charge is -2.30. The van der Waals surface area contributed by atoms with Gasteiger partial charge in [-0.25, -0.2) is 13.6 Å². The minimum atomic E-state index is -2.94. The number of hydrogen-bond donors (Lipinski definition) is 2. The van der Waals surface area contributed by atoms with Crippen molar-refractivity contribution in [3.05, 3.63) is 23.8 Å². The Labute approximate surface area is 119 Å². The van der Waals surface area contributed by atoms with Gasteiger partial charge >= 0.3 is 5.97 Å². The summed E-state index contributed by atoms with van der Waals surface area (Å²) in [5, 5.41) is 20.0. The van der Waals surface area contributed by atoms with E-state index >= 15 is 0 Å². The van der Waals surface area contributed by atoms with Gasteiger partial charge in [-0.3, -0.25) is 0 Å². The predicted octanol–water partition coefficient (Wildman–Crippen LogP) is 2.12. The van der Waals surface area contributed by atoms with Gasteiger partial charge in [-0.1, -0.05) is 6.07 Å². The summed E-state index contributed by atoms with van der Waals surface area (Å²) in [7, 11) is 0. The number of carbonyl (C=O) groups is 1. The number of carboxylic acids is 1. The van der Waals surface area contributed by atoms with E-state index in [1.54, 1.807) is 0 Å². The van der Waals surface area contributed by atoms with Crippen molar-refractivity contribution in [1.82, 2.24) is 0 Å². The molecule has 0 radical (unpaired) electrons. The van der Waals surface area contributed by atoms with Crippen LogP contribution in [-0.2, 0) is 10.4 Å². The van der Waals surface area contributed by atoms with Crippen LogP contribution in [0.15, 0.2) is 18.2 Å². The smallest absolute Gasteiger partial charge is 0.340 e. The Balaban J connectivity index is 2.00. The van der Waals surface area contributed by atoms with Crippen LogP contribution in [0.2, 0.25) is 0 Å². The fraction of sp³-hybridized carbons (Fsp3) is 0.500. The number of benzene rings is 1. The van der Waals surface area contributed by atoms with Gasteiger partial charge in [0, 0.05) is 18.8 Å². The van der Waals surface area contributed by atoms with Crippen molar-refractivity contribution in [2.75, 3.05) is 6.79 Å². The number of fused-ring (bicyclic) bond motifs is 1. The maximum atomic E-state index is 13.4.